The van der Waals surface area contributed by atoms with Gasteiger partial charge in [0.05, 0.1) is 17.8 Å². The van der Waals surface area contributed by atoms with Gasteiger partial charge in [-0.2, -0.15) is 0 Å². The summed E-state index contributed by atoms with van der Waals surface area (Å²) in [6.07, 6.45) is -1.37. The Balaban J connectivity index is 2.06. The molecule has 3 N–H and O–H groups in total. The molecule has 0 aromatic heterocycles. The zero-order valence-electron chi connectivity index (χ0n) is 12.4. The Labute approximate surface area is 142 Å². The Kier molecular flexibility index (Phi) is 4.35. The van der Waals surface area contributed by atoms with E-state index in [1.807, 2.05) is 23.6 Å². The Hall–Kier alpha value is -3.06. The van der Waals surface area contributed by atoms with Crippen molar-refractivity contribution < 1.29 is 14.7 Å². The lowest BCUT2D eigenvalue weighted by Crippen LogP contribution is -2.42. The molecule has 2 aromatic rings. The number of hydrogen-bond donors (Lipinski definition) is 3. The summed E-state index contributed by atoms with van der Waals surface area (Å²) >= 11 is 6.08. The van der Waals surface area contributed by atoms with E-state index in [0.717, 1.165) is 0 Å². The highest BCUT2D eigenvalue weighted by atomic mass is 35.5. The SMILES string of the molecule is O=C(O)NNC1=Nc2ccc(Cl)cc2N(c2ccccc2)C(=O)C1. The number of benzene rings is 2. The molecule has 8 heteroatoms. The van der Waals surface area contributed by atoms with Gasteiger partial charge in [-0.05, 0) is 30.3 Å². The van der Waals surface area contributed by atoms with Crippen LogP contribution in [0.5, 0.6) is 0 Å². The van der Waals surface area contributed by atoms with E-state index >= 15 is 0 Å². The zero-order chi connectivity index (χ0) is 17.1. The van der Waals surface area contributed by atoms with Crippen molar-refractivity contribution in [3.05, 3.63) is 53.6 Å². The van der Waals surface area contributed by atoms with Crippen LogP contribution in [0.25, 0.3) is 0 Å². The smallest absolute Gasteiger partial charge is 0.423 e. The zero-order valence-corrected chi connectivity index (χ0v) is 13.1. The number of amides is 2. The van der Waals surface area contributed by atoms with Crippen LogP contribution in [0.3, 0.4) is 0 Å². The maximum absolute atomic E-state index is 12.7. The first-order valence-corrected chi connectivity index (χ1v) is 7.42. The Morgan fingerprint density at radius 1 is 1.21 bits per heavy atom. The number of anilines is 2. The van der Waals surface area contributed by atoms with E-state index in [1.54, 1.807) is 30.3 Å². The fourth-order valence-corrected chi connectivity index (χ4v) is 2.54. The molecule has 0 saturated carbocycles. The summed E-state index contributed by atoms with van der Waals surface area (Å²) in [4.78, 5) is 29.2. The minimum absolute atomic E-state index is 0.0958. The highest BCUT2D eigenvalue weighted by Gasteiger charge is 2.26. The third kappa shape index (κ3) is 3.31. The van der Waals surface area contributed by atoms with Crippen LogP contribution in [0.4, 0.5) is 21.9 Å². The molecule has 0 bridgehead atoms. The quantitative estimate of drug-likeness (QED) is 0.692. The van der Waals surface area contributed by atoms with Gasteiger partial charge in [0.15, 0.2) is 0 Å². The summed E-state index contributed by atoms with van der Waals surface area (Å²) in [5.41, 5.74) is 6.15. The number of fused-ring (bicyclic) bond motifs is 1. The molecule has 2 amide bonds. The summed E-state index contributed by atoms with van der Waals surface area (Å²) in [6.45, 7) is 0. The van der Waals surface area contributed by atoms with Crippen molar-refractivity contribution in [3.63, 3.8) is 0 Å². The molecular formula is C16H13ClN4O3. The molecule has 0 atom stereocenters. The van der Waals surface area contributed by atoms with Crippen molar-refractivity contribution in [2.24, 2.45) is 4.99 Å². The number of carbonyl (C=O) groups excluding carboxylic acids is 1. The molecule has 2 aromatic carbocycles. The number of aliphatic imine (C=N–C) groups is 1. The lowest BCUT2D eigenvalue weighted by Gasteiger charge is -2.22. The molecule has 122 valence electrons. The van der Waals surface area contributed by atoms with E-state index < -0.39 is 6.09 Å². The second kappa shape index (κ2) is 6.59. The van der Waals surface area contributed by atoms with Crippen LogP contribution in [0, 0.1) is 0 Å². The number of carboxylic acid groups (broad SMARTS) is 1. The number of nitrogens with one attached hydrogen (secondary N) is 2. The first-order chi connectivity index (χ1) is 11.5. The number of halogens is 1. The average molecular weight is 345 g/mol. The van der Waals surface area contributed by atoms with E-state index in [0.29, 0.717) is 22.1 Å². The van der Waals surface area contributed by atoms with Gasteiger partial charge in [-0.1, -0.05) is 29.8 Å². The van der Waals surface area contributed by atoms with Crippen LogP contribution < -0.4 is 15.8 Å². The van der Waals surface area contributed by atoms with Gasteiger partial charge in [0.1, 0.15) is 5.84 Å². The second-order valence-corrected chi connectivity index (χ2v) is 5.42. The molecule has 0 unspecified atom stereocenters. The molecule has 0 fully saturated rings. The van der Waals surface area contributed by atoms with E-state index in [2.05, 4.69) is 10.4 Å². The molecule has 1 aliphatic rings. The van der Waals surface area contributed by atoms with E-state index in [4.69, 9.17) is 16.7 Å². The van der Waals surface area contributed by atoms with Crippen molar-refractivity contribution in [2.75, 3.05) is 4.90 Å². The molecule has 3 rings (SSSR count). The van der Waals surface area contributed by atoms with Gasteiger partial charge in [-0.3, -0.25) is 15.1 Å². The summed E-state index contributed by atoms with van der Waals surface area (Å²) in [7, 11) is 0. The maximum atomic E-state index is 12.7. The average Bonchev–Trinajstić information content (AvgIpc) is 2.69. The molecule has 1 aliphatic heterocycles. The third-order valence-electron chi connectivity index (χ3n) is 3.33. The Morgan fingerprint density at radius 3 is 2.67 bits per heavy atom. The van der Waals surface area contributed by atoms with Crippen LogP contribution in [0.15, 0.2) is 53.5 Å². The monoisotopic (exact) mass is 344 g/mol. The highest BCUT2D eigenvalue weighted by molar-refractivity contribution is 6.31. The van der Waals surface area contributed by atoms with E-state index in [9.17, 15) is 9.59 Å². The minimum atomic E-state index is -1.27. The Bertz CT molecular complexity index is 823. The molecule has 0 aliphatic carbocycles. The predicted molar refractivity (Wildman–Crippen MR) is 91.0 cm³/mol. The standard InChI is InChI=1S/C16H13ClN4O3/c17-10-6-7-12-13(8-10)21(11-4-2-1-3-5-11)15(22)9-14(18-12)19-20-16(23)24/h1-8,20H,9H2,(H,18,19)(H,23,24). The fourth-order valence-electron chi connectivity index (χ4n) is 2.37. The maximum Gasteiger partial charge on any atom is 0.423 e. The van der Waals surface area contributed by atoms with Crippen molar-refractivity contribution in [3.8, 4) is 0 Å². The van der Waals surface area contributed by atoms with Crippen molar-refractivity contribution in [1.82, 2.24) is 10.9 Å². The van der Waals surface area contributed by atoms with Gasteiger partial charge in [0.2, 0.25) is 5.91 Å². The highest BCUT2D eigenvalue weighted by Crippen LogP contribution is 2.38. The van der Waals surface area contributed by atoms with Crippen molar-refractivity contribution in [2.45, 2.75) is 6.42 Å². The number of carbonyl (C=O) groups is 2. The normalized spacial score (nSPS) is 13.6. The van der Waals surface area contributed by atoms with Gasteiger partial charge < -0.3 is 5.11 Å². The van der Waals surface area contributed by atoms with Crippen LogP contribution in [-0.4, -0.2) is 22.9 Å². The van der Waals surface area contributed by atoms with Crippen LogP contribution in [0.1, 0.15) is 6.42 Å². The van der Waals surface area contributed by atoms with Crippen LogP contribution in [0.2, 0.25) is 5.02 Å². The fraction of sp³-hybridized carbons (Fsp3) is 0.0625. The predicted octanol–water partition coefficient (Wildman–Crippen LogP) is 3.21. The molecule has 1 heterocycles. The number of nitrogens with zero attached hydrogens (tertiary/aromatic N) is 2. The molecule has 0 spiro atoms. The largest absolute Gasteiger partial charge is 0.464 e. The number of para-hydroxylation sites is 1. The molecule has 24 heavy (non-hydrogen) atoms. The molecular weight excluding hydrogens is 332 g/mol. The minimum Gasteiger partial charge on any atom is -0.464 e. The Morgan fingerprint density at radius 2 is 1.96 bits per heavy atom. The first kappa shape index (κ1) is 15.8. The summed E-state index contributed by atoms with van der Waals surface area (Å²) in [5, 5.41) is 9.17. The van der Waals surface area contributed by atoms with Crippen molar-refractivity contribution >= 4 is 46.5 Å². The number of rotatable bonds is 1. The summed E-state index contributed by atoms with van der Waals surface area (Å²) < 4.78 is 0. The van der Waals surface area contributed by atoms with Gasteiger partial charge in [0, 0.05) is 10.7 Å². The molecule has 0 radical (unpaired) electrons. The van der Waals surface area contributed by atoms with Crippen LogP contribution >= 0.6 is 11.6 Å². The summed E-state index contributed by atoms with van der Waals surface area (Å²) in [5.74, 6) is -0.0648. The van der Waals surface area contributed by atoms with E-state index in [-0.39, 0.29) is 18.2 Å². The lowest BCUT2D eigenvalue weighted by molar-refractivity contribution is -0.116. The third-order valence-corrected chi connectivity index (χ3v) is 3.57. The van der Waals surface area contributed by atoms with Gasteiger partial charge in [-0.25, -0.2) is 15.2 Å². The topological polar surface area (TPSA) is 94.0 Å². The van der Waals surface area contributed by atoms with E-state index in [1.165, 1.54) is 4.90 Å². The number of hydrazine groups is 1. The van der Waals surface area contributed by atoms with Gasteiger partial charge >= 0.3 is 6.09 Å². The lowest BCUT2D eigenvalue weighted by atomic mass is 10.2. The molecule has 7 nitrogen and oxygen atoms in total. The summed E-state index contributed by atoms with van der Waals surface area (Å²) in [6, 6.07) is 14.1. The van der Waals surface area contributed by atoms with Gasteiger partial charge in [-0.15, -0.1) is 0 Å². The first-order valence-electron chi connectivity index (χ1n) is 7.04. The second-order valence-electron chi connectivity index (χ2n) is 4.99. The number of amidine groups is 1. The number of hydrogen-bond acceptors (Lipinski definition) is 4. The van der Waals surface area contributed by atoms with Gasteiger partial charge in [0.25, 0.3) is 0 Å². The van der Waals surface area contributed by atoms with Crippen molar-refractivity contribution in [1.29, 1.82) is 0 Å². The molecule has 0 saturated heterocycles. The van der Waals surface area contributed by atoms with Crippen LogP contribution in [-0.2, 0) is 4.79 Å².